The van der Waals surface area contributed by atoms with E-state index in [1.807, 2.05) is 84.9 Å². The summed E-state index contributed by atoms with van der Waals surface area (Å²) < 4.78 is 13.2. The van der Waals surface area contributed by atoms with Gasteiger partial charge in [0.1, 0.15) is 17.6 Å². The van der Waals surface area contributed by atoms with Crippen molar-refractivity contribution >= 4 is 21.8 Å². The van der Waals surface area contributed by atoms with Crippen molar-refractivity contribution in [3.63, 3.8) is 0 Å². The number of aliphatic hydroxyl groups is 2. The van der Waals surface area contributed by atoms with Crippen LogP contribution in [0.4, 0.5) is 0 Å². The van der Waals surface area contributed by atoms with Gasteiger partial charge in [-0.25, -0.2) is 0 Å². The first kappa shape index (κ1) is 25.6. The van der Waals surface area contributed by atoms with Gasteiger partial charge < -0.3 is 25.0 Å². The summed E-state index contributed by atoms with van der Waals surface area (Å²) in [6.07, 6.45) is 1.44. The number of rotatable bonds is 6. The van der Waals surface area contributed by atoms with E-state index in [4.69, 9.17) is 9.47 Å². The van der Waals surface area contributed by atoms with Crippen molar-refractivity contribution in [3.05, 3.63) is 124 Å². The number of hydrogen-bond donors (Lipinski definition) is 3. The lowest BCUT2D eigenvalue weighted by Gasteiger charge is -2.40. The zero-order chi connectivity index (χ0) is 27.2. The van der Waals surface area contributed by atoms with Crippen LogP contribution in [0.15, 0.2) is 102 Å². The normalized spacial score (nSPS) is 26.8. The molecule has 0 saturated heterocycles. The molecule has 1 amide bonds. The number of aromatic nitrogens is 1. The first-order chi connectivity index (χ1) is 18.9. The first-order valence-corrected chi connectivity index (χ1v) is 13.5. The van der Waals surface area contributed by atoms with Crippen LogP contribution in [0.2, 0.25) is 0 Å². The number of aliphatic hydroxyl groups excluding tert-OH is 1. The van der Waals surface area contributed by atoms with Gasteiger partial charge in [-0.3, -0.25) is 9.78 Å². The van der Waals surface area contributed by atoms with Crippen molar-refractivity contribution in [2.75, 3.05) is 7.11 Å². The highest BCUT2D eigenvalue weighted by molar-refractivity contribution is 9.10. The molecular weight excluding hydrogens is 560 g/mol. The van der Waals surface area contributed by atoms with Gasteiger partial charge in [-0.1, -0.05) is 88.7 Å². The number of halogens is 1. The molecule has 4 aromatic rings. The van der Waals surface area contributed by atoms with Gasteiger partial charge in [0, 0.05) is 16.9 Å². The predicted molar refractivity (Wildman–Crippen MR) is 148 cm³/mol. The van der Waals surface area contributed by atoms with E-state index in [-0.39, 0.29) is 17.9 Å². The molecule has 3 aromatic carbocycles. The molecule has 5 atom stereocenters. The maximum Gasteiger partial charge on any atom is 0.226 e. The molecule has 1 aromatic heterocycles. The van der Waals surface area contributed by atoms with Gasteiger partial charge in [-0.2, -0.15) is 0 Å². The fraction of sp³-hybridized carbons (Fsp3) is 0.226. The standard InChI is InChI=1S/C31H27BrN2O5/c1-38-23-17-33-18-24-27(23)30(37)28(35)25(29(36)34-16-19-8-4-2-5-9-19)26(20-10-6-3-7-11-20)31(30,39-24)21-12-14-22(32)15-13-21/h2-15,17-18,25-26,28,35,37H,16H2,1H3,(H,34,36). The highest BCUT2D eigenvalue weighted by Crippen LogP contribution is 2.69. The molecule has 1 saturated carbocycles. The fourth-order valence-electron chi connectivity index (χ4n) is 6.29. The van der Waals surface area contributed by atoms with Gasteiger partial charge in [0.05, 0.1) is 31.0 Å². The van der Waals surface area contributed by atoms with Gasteiger partial charge in [-0.05, 0) is 28.8 Å². The maximum absolute atomic E-state index is 14.0. The number of carbonyl (C=O) groups is 1. The minimum atomic E-state index is -2.04. The number of hydrogen-bond acceptors (Lipinski definition) is 6. The second-order valence-electron chi connectivity index (χ2n) is 9.89. The minimum Gasteiger partial charge on any atom is -0.495 e. The number of nitrogens with zero attached hydrogens (tertiary/aromatic N) is 1. The molecule has 0 bridgehead atoms. The molecule has 2 heterocycles. The third kappa shape index (κ3) is 3.77. The second-order valence-corrected chi connectivity index (χ2v) is 10.8. The third-order valence-electron chi connectivity index (χ3n) is 7.92. The third-order valence-corrected chi connectivity index (χ3v) is 8.45. The quantitative estimate of drug-likeness (QED) is 0.309. The molecule has 0 radical (unpaired) electrons. The summed E-state index contributed by atoms with van der Waals surface area (Å²) in [4.78, 5) is 18.2. The molecule has 5 unspecified atom stereocenters. The zero-order valence-corrected chi connectivity index (χ0v) is 22.7. The van der Waals surface area contributed by atoms with Crippen molar-refractivity contribution in [3.8, 4) is 11.5 Å². The van der Waals surface area contributed by atoms with Crippen LogP contribution in [-0.4, -0.2) is 34.3 Å². The number of benzene rings is 3. The molecule has 1 aliphatic carbocycles. The van der Waals surface area contributed by atoms with E-state index < -0.39 is 35.0 Å². The van der Waals surface area contributed by atoms with Crippen LogP contribution in [0.25, 0.3) is 0 Å². The van der Waals surface area contributed by atoms with Crippen LogP contribution in [0.1, 0.15) is 28.2 Å². The van der Waals surface area contributed by atoms with Crippen LogP contribution in [0, 0.1) is 5.92 Å². The summed E-state index contributed by atoms with van der Waals surface area (Å²) in [5.41, 5.74) is -1.06. The Bertz CT molecular complexity index is 1500. The molecule has 1 fully saturated rings. The number of methoxy groups -OCH3 is 1. The Labute approximate surface area is 234 Å². The Balaban J connectivity index is 1.57. The highest BCUT2D eigenvalue weighted by atomic mass is 79.9. The molecule has 3 N–H and O–H groups in total. The molecule has 2 aliphatic rings. The highest BCUT2D eigenvalue weighted by Gasteiger charge is 2.78. The molecule has 1 aliphatic heterocycles. The summed E-state index contributed by atoms with van der Waals surface area (Å²) in [5.74, 6) is -1.66. The van der Waals surface area contributed by atoms with E-state index in [1.165, 1.54) is 19.5 Å². The topological polar surface area (TPSA) is 101 Å². The molecule has 198 valence electrons. The van der Waals surface area contributed by atoms with E-state index in [0.29, 0.717) is 11.3 Å². The maximum atomic E-state index is 14.0. The average Bonchev–Trinajstić information content (AvgIpc) is 3.35. The monoisotopic (exact) mass is 586 g/mol. The Morgan fingerprint density at radius 1 is 1.03 bits per heavy atom. The smallest absolute Gasteiger partial charge is 0.226 e. The lowest BCUT2D eigenvalue weighted by molar-refractivity contribution is -0.154. The summed E-state index contributed by atoms with van der Waals surface area (Å²) in [6.45, 7) is 0.277. The van der Waals surface area contributed by atoms with Crippen LogP contribution < -0.4 is 14.8 Å². The zero-order valence-electron chi connectivity index (χ0n) is 21.1. The van der Waals surface area contributed by atoms with Crippen LogP contribution in [0.5, 0.6) is 11.5 Å². The summed E-state index contributed by atoms with van der Waals surface area (Å²) in [5, 5.41) is 27.9. The Morgan fingerprint density at radius 3 is 2.36 bits per heavy atom. The summed E-state index contributed by atoms with van der Waals surface area (Å²) in [7, 11) is 1.47. The van der Waals surface area contributed by atoms with Crippen LogP contribution >= 0.6 is 15.9 Å². The van der Waals surface area contributed by atoms with Crippen molar-refractivity contribution in [1.82, 2.24) is 10.3 Å². The van der Waals surface area contributed by atoms with E-state index in [0.717, 1.165) is 15.6 Å². The lowest BCUT2D eigenvalue weighted by Crippen LogP contribution is -2.52. The first-order valence-electron chi connectivity index (χ1n) is 12.7. The molecule has 39 heavy (non-hydrogen) atoms. The molecule has 6 rings (SSSR count). The van der Waals surface area contributed by atoms with Gasteiger partial charge in [-0.15, -0.1) is 0 Å². The van der Waals surface area contributed by atoms with E-state index in [1.54, 1.807) is 0 Å². The van der Waals surface area contributed by atoms with Gasteiger partial charge in [0.15, 0.2) is 11.2 Å². The number of ether oxygens (including phenoxy) is 2. The minimum absolute atomic E-state index is 0.269. The van der Waals surface area contributed by atoms with Crippen LogP contribution in [-0.2, 0) is 22.5 Å². The Hall–Kier alpha value is -3.72. The van der Waals surface area contributed by atoms with Crippen molar-refractivity contribution in [1.29, 1.82) is 0 Å². The van der Waals surface area contributed by atoms with Gasteiger partial charge >= 0.3 is 0 Å². The Morgan fingerprint density at radius 2 is 1.69 bits per heavy atom. The predicted octanol–water partition coefficient (Wildman–Crippen LogP) is 4.42. The lowest BCUT2D eigenvalue weighted by atomic mass is 9.70. The fourth-order valence-corrected chi connectivity index (χ4v) is 6.55. The van der Waals surface area contributed by atoms with Gasteiger partial charge in [0.25, 0.3) is 0 Å². The van der Waals surface area contributed by atoms with E-state index in [9.17, 15) is 15.0 Å². The molecule has 7 nitrogen and oxygen atoms in total. The molecule has 8 heteroatoms. The number of fused-ring (bicyclic) bond motifs is 3. The van der Waals surface area contributed by atoms with Gasteiger partial charge in [0.2, 0.25) is 5.91 Å². The van der Waals surface area contributed by atoms with Crippen molar-refractivity contribution in [2.45, 2.75) is 29.8 Å². The van der Waals surface area contributed by atoms with E-state index >= 15 is 0 Å². The average molecular weight is 587 g/mol. The number of carbonyl (C=O) groups excluding carboxylic acids is 1. The van der Waals surface area contributed by atoms with Crippen LogP contribution in [0.3, 0.4) is 0 Å². The Kier molecular flexibility index (Phi) is 6.41. The molecular formula is C31H27BrN2O5. The number of nitrogens with one attached hydrogen (secondary N) is 1. The van der Waals surface area contributed by atoms with E-state index in [2.05, 4.69) is 26.2 Å². The summed E-state index contributed by atoms with van der Waals surface area (Å²) in [6, 6.07) is 26.3. The van der Waals surface area contributed by atoms with Crippen molar-refractivity contribution in [2.24, 2.45) is 5.92 Å². The summed E-state index contributed by atoms with van der Waals surface area (Å²) >= 11 is 3.49. The second kappa shape index (κ2) is 9.79. The largest absolute Gasteiger partial charge is 0.495 e. The SMILES string of the molecule is COc1cncc2c1C1(O)C(O)C(C(=O)NCc3ccccc3)C(c3ccccc3)C1(c1ccc(Br)cc1)O2. The molecule has 0 spiro atoms. The number of amides is 1. The van der Waals surface area contributed by atoms with Crippen molar-refractivity contribution < 1.29 is 24.5 Å². The number of pyridine rings is 1.